The Bertz CT molecular complexity index is 534. The standard InChI is InChI=1S/C12H8Cl2FNO/c13-6-8-4-5-16-7-11(8)17-10-3-1-2-9(14)12(10)15/h1-5,7H,6H2. The molecule has 1 aromatic carbocycles. The summed E-state index contributed by atoms with van der Waals surface area (Å²) in [6, 6.07) is 6.27. The zero-order valence-corrected chi connectivity index (χ0v) is 10.2. The first-order valence-corrected chi connectivity index (χ1v) is 5.74. The third-order valence-electron chi connectivity index (χ3n) is 2.15. The monoisotopic (exact) mass is 271 g/mol. The van der Waals surface area contributed by atoms with Crippen molar-refractivity contribution in [2.75, 3.05) is 0 Å². The summed E-state index contributed by atoms with van der Waals surface area (Å²) < 4.78 is 19.0. The number of pyridine rings is 1. The second kappa shape index (κ2) is 5.34. The van der Waals surface area contributed by atoms with Gasteiger partial charge in [0.15, 0.2) is 11.6 Å². The molecule has 0 N–H and O–H groups in total. The van der Waals surface area contributed by atoms with E-state index in [0.717, 1.165) is 5.56 Å². The Morgan fingerprint density at radius 3 is 2.82 bits per heavy atom. The van der Waals surface area contributed by atoms with E-state index in [4.69, 9.17) is 27.9 Å². The number of alkyl halides is 1. The molecule has 0 saturated carbocycles. The van der Waals surface area contributed by atoms with Crippen LogP contribution in [-0.4, -0.2) is 4.98 Å². The number of aromatic nitrogens is 1. The van der Waals surface area contributed by atoms with Gasteiger partial charge < -0.3 is 4.74 Å². The Kier molecular flexibility index (Phi) is 3.82. The fraction of sp³-hybridized carbons (Fsp3) is 0.0833. The minimum atomic E-state index is -0.599. The molecule has 0 amide bonds. The second-order valence-corrected chi connectivity index (χ2v) is 3.95. The quantitative estimate of drug-likeness (QED) is 0.772. The molecule has 0 bridgehead atoms. The van der Waals surface area contributed by atoms with Gasteiger partial charge in [-0.3, -0.25) is 4.98 Å². The number of halogens is 3. The van der Waals surface area contributed by atoms with E-state index in [2.05, 4.69) is 4.98 Å². The summed E-state index contributed by atoms with van der Waals surface area (Å²) in [5, 5.41) is 0.0128. The van der Waals surface area contributed by atoms with Gasteiger partial charge in [0.05, 0.1) is 17.1 Å². The number of rotatable bonds is 3. The number of nitrogens with zero attached hydrogens (tertiary/aromatic N) is 1. The number of hydrogen-bond acceptors (Lipinski definition) is 2. The molecule has 2 rings (SSSR count). The number of hydrogen-bond donors (Lipinski definition) is 0. The molecule has 88 valence electrons. The van der Waals surface area contributed by atoms with Crippen molar-refractivity contribution in [2.45, 2.75) is 5.88 Å². The minimum Gasteiger partial charge on any atom is -0.452 e. The molecule has 0 aliphatic heterocycles. The first-order valence-electron chi connectivity index (χ1n) is 4.83. The van der Waals surface area contributed by atoms with E-state index in [1.165, 1.54) is 18.3 Å². The van der Waals surface area contributed by atoms with Crippen LogP contribution in [0.3, 0.4) is 0 Å². The van der Waals surface area contributed by atoms with Gasteiger partial charge >= 0.3 is 0 Å². The number of benzene rings is 1. The first-order chi connectivity index (χ1) is 8.22. The van der Waals surface area contributed by atoms with Crippen LogP contribution < -0.4 is 4.74 Å². The average Bonchev–Trinajstić information content (AvgIpc) is 2.35. The summed E-state index contributed by atoms with van der Waals surface area (Å²) in [6.07, 6.45) is 3.08. The lowest BCUT2D eigenvalue weighted by atomic mass is 10.3. The molecule has 1 heterocycles. The van der Waals surface area contributed by atoms with Gasteiger partial charge in [0.2, 0.25) is 0 Å². The Balaban J connectivity index is 2.35. The van der Waals surface area contributed by atoms with Gasteiger partial charge in [0.25, 0.3) is 0 Å². The summed E-state index contributed by atoms with van der Waals surface area (Å²) in [5.41, 5.74) is 0.737. The van der Waals surface area contributed by atoms with E-state index in [1.807, 2.05) is 0 Å². The first kappa shape index (κ1) is 12.1. The second-order valence-electron chi connectivity index (χ2n) is 3.27. The topological polar surface area (TPSA) is 22.1 Å². The van der Waals surface area contributed by atoms with Crippen molar-refractivity contribution in [3.63, 3.8) is 0 Å². The van der Waals surface area contributed by atoms with Crippen molar-refractivity contribution in [1.29, 1.82) is 0 Å². The highest BCUT2D eigenvalue weighted by atomic mass is 35.5. The average molecular weight is 272 g/mol. The molecule has 1 aromatic heterocycles. The lowest BCUT2D eigenvalue weighted by Crippen LogP contribution is -1.93. The fourth-order valence-corrected chi connectivity index (χ4v) is 1.68. The molecule has 0 spiro atoms. The maximum Gasteiger partial charge on any atom is 0.184 e. The maximum absolute atomic E-state index is 13.6. The van der Waals surface area contributed by atoms with E-state index in [-0.39, 0.29) is 16.7 Å². The van der Waals surface area contributed by atoms with Crippen molar-refractivity contribution in [2.24, 2.45) is 0 Å². The van der Waals surface area contributed by atoms with Gasteiger partial charge in [-0.05, 0) is 18.2 Å². The molecular formula is C12H8Cl2FNO. The summed E-state index contributed by atoms with van der Waals surface area (Å²) >= 11 is 11.4. The van der Waals surface area contributed by atoms with Crippen LogP contribution in [0.15, 0.2) is 36.7 Å². The van der Waals surface area contributed by atoms with Crippen LogP contribution >= 0.6 is 23.2 Å². The molecule has 0 aliphatic carbocycles. The molecule has 0 unspecified atom stereocenters. The van der Waals surface area contributed by atoms with E-state index in [1.54, 1.807) is 18.3 Å². The van der Waals surface area contributed by atoms with Gasteiger partial charge in [-0.25, -0.2) is 4.39 Å². The lowest BCUT2D eigenvalue weighted by Gasteiger charge is -2.09. The SMILES string of the molecule is Fc1c(Cl)cccc1Oc1cnccc1CCl. The molecule has 0 radical (unpaired) electrons. The third-order valence-corrected chi connectivity index (χ3v) is 2.73. The fourth-order valence-electron chi connectivity index (χ4n) is 1.29. The van der Waals surface area contributed by atoms with E-state index in [0.29, 0.717) is 5.75 Å². The van der Waals surface area contributed by atoms with Gasteiger partial charge in [-0.2, -0.15) is 0 Å². The van der Waals surface area contributed by atoms with Gasteiger partial charge in [-0.1, -0.05) is 17.7 Å². The predicted octanol–water partition coefficient (Wildman–Crippen LogP) is 4.41. The zero-order chi connectivity index (χ0) is 12.3. The summed E-state index contributed by atoms with van der Waals surface area (Å²) in [4.78, 5) is 3.90. The van der Waals surface area contributed by atoms with E-state index >= 15 is 0 Å². The predicted molar refractivity (Wildman–Crippen MR) is 65.3 cm³/mol. The third kappa shape index (κ3) is 2.68. The summed E-state index contributed by atoms with van der Waals surface area (Å²) in [7, 11) is 0. The van der Waals surface area contributed by atoms with Crippen LogP contribution in [0.4, 0.5) is 4.39 Å². The maximum atomic E-state index is 13.6. The number of ether oxygens (including phenoxy) is 1. The van der Waals surface area contributed by atoms with E-state index in [9.17, 15) is 4.39 Å². The molecule has 0 aliphatic rings. The molecule has 2 aromatic rings. The van der Waals surface area contributed by atoms with Crippen molar-refractivity contribution in [3.05, 3.63) is 53.1 Å². The highest BCUT2D eigenvalue weighted by Crippen LogP contribution is 2.30. The van der Waals surface area contributed by atoms with Crippen molar-refractivity contribution in [3.8, 4) is 11.5 Å². The van der Waals surface area contributed by atoms with Crippen LogP contribution in [0.5, 0.6) is 11.5 Å². The van der Waals surface area contributed by atoms with Crippen LogP contribution in [0, 0.1) is 5.82 Å². The van der Waals surface area contributed by atoms with Crippen LogP contribution in [0.25, 0.3) is 0 Å². The summed E-state index contributed by atoms with van der Waals surface area (Å²) in [5.74, 6) is 0.138. The molecule has 5 heteroatoms. The Morgan fingerprint density at radius 1 is 1.24 bits per heavy atom. The Morgan fingerprint density at radius 2 is 2.06 bits per heavy atom. The van der Waals surface area contributed by atoms with Crippen LogP contribution in [-0.2, 0) is 5.88 Å². The van der Waals surface area contributed by atoms with Crippen molar-refractivity contribution >= 4 is 23.2 Å². The normalized spacial score (nSPS) is 10.3. The molecule has 0 saturated heterocycles. The zero-order valence-electron chi connectivity index (χ0n) is 8.66. The Labute approximate surface area is 108 Å². The largest absolute Gasteiger partial charge is 0.452 e. The van der Waals surface area contributed by atoms with Crippen LogP contribution in [0.2, 0.25) is 5.02 Å². The molecule has 0 fully saturated rings. The van der Waals surface area contributed by atoms with Crippen molar-refractivity contribution < 1.29 is 9.13 Å². The van der Waals surface area contributed by atoms with Gasteiger partial charge in [-0.15, -0.1) is 11.6 Å². The molecule has 2 nitrogen and oxygen atoms in total. The Hall–Kier alpha value is -1.32. The lowest BCUT2D eigenvalue weighted by molar-refractivity contribution is 0.437. The minimum absolute atomic E-state index is 0.0128. The molecule has 17 heavy (non-hydrogen) atoms. The smallest absolute Gasteiger partial charge is 0.184 e. The van der Waals surface area contributed by atoms with Crippen LogP contribution in [0.1, 0.15) is 5.56 Å². The highest BCUT2D eigenvalue weighted by molar-refractivity contribution is 6.30. The van der Waals surface area contributed by atoms with Crippen molar-refractivity contribution in [1.82, 2.24) is 4.98 Å². The summed E-state index contributed by atoms with van der Waals surface area (Å²) in [6.45, 7) is 0. The van der Waals surface area contributed by atoms with E-state index < -0.39 is 5.82 Å². The molecule has 0 atom stereocenters. The van der Waals surface area contributed by atoms with Gasteiger partial charge in [0, 0.05) is 11.8 Å². The van der Waals surface area contributed by atoms with Gasteiger partial charge in [0.1, 0.15) is 5.75 Å². The molecular weight excluding hydrogens is 264 g/mol. The highest BCUT2D eigenvalue weighted by Gasteiger charge is 2.10.